The summed E-state index contributed by atoms with van der Waals surface area (Å²) in [5.74, 6) is -0.860. The molecule has 1 aliphatic rings. The Balaban J connectivity index is 1.66. The number of carbonyl (C=O) groups excluding carboxylic acids is 1. The summed E-state index contributed by atoms with van der Waals surface area (Å²) in [6.07, 6.45) is 3.67. The van der Waals surface area contributed by atoms with E-state index >= 15 is 0 Å². The monoisotopic (exact) mass is 453 g/mol. The number of aromatic nitrogens is 1. The second-order valence-electron chi connectivity index (χ2n) is 8.35. The Morgan fingerprint density at radius 1 is 1.03 bits per heavy atom. The third-order valence-corrected chi connectivity index (χ3v) is 6.19. The van der Waals surface area contributed by atoms with Crippen molar-refractivity contribution in [2.24, 2.45) is 0 Å². The van der Waals surface area contributed by atoms with Crippen molar-refractivity contribution in [1.29, 1.82) is 0 Å². The summed E-state index contributed by atoms with van der Waals surface area (Å²) in [6, 6.07) is 12.5. The molecule has 2 aromatic carbocycles. The van der Waals surface area contributed by atoms with Crippen molar-refractivity contribution in [3.05, 3.63) is 71.4 Å². The largest absolute Gasteiger partial charge is 0.497 e. The van der Waals surface area contributed by atoms with E-state index in [0.717, 1.165) is 31.3 Å². The number of piperidine rings is 1. The average Bonchev–Trinajstić information content (AvgIpc) is 3.17. The maximum atomic E-state index is 14.8. The number of hydrogen-bond acceptors (Lipinski definition) is 3. The fraction of sp³-hybridized carbons (Fsp3) is 0.346. The van der Waals surface area contributed by atoms with Gasteiger partial charge in [-0.2, -0.15) is 0 Å². The normalized spacial score (nSPS) is 14.3. The molecule has 174 valence electrons. The van der Waals surface area contributed by atoms with Crippen molar-refractivity contribution < 1.29 is 18.3 Å². The van der Waals surface area contributed by atoms with Crippen molar-refractivity contribution in [2.75, 3.05) is 33.3 Å². The number of benzene rings is 2. The molecule has 0 spiro atoms. The first kappa shape index (κ1) is 23.0. The van der Waals surface area contributed by atoms with E-state index < -0.39 is 11.6 Å². The van der Waals surface area contributed by atoms with E-state index in [1.54, 1.807) is 36.8 Å². The zero-order chi connectivity index (χ0) is 23.4. The van der Waals surface area contributed by atoms with Crippen LogP contribution in [0, 0.1) is 18.6 Å². The lowest BCUT2D eigenvalue weighted by Gasteiger charge is -2.26. The Morgan fingerprint density at radius 3 is 2.42 bits per heavy atom. The van der Waals surface area contributed by atoms with Crippen LogP contribution in [0.5, 0.6) is 5.75 Å². The van der Waals surface area contributed by atoms with Crippen molar-refractivity contribution in [3.63, 3.8) is 0 Å². The van der Waals surface area contributed by atoms with Gasteiger partial charge < -0.3 is 19.5 Å². The molecular weight excluding hydrogens is 424 g/mol. The highest BCUT2D eigenvalue weighted by Crippen LogP contribution is 2.32. The molecule has 4 rings (SSSR count). The molecule has 1 aromatic heterocycles. The summed E-state index contributed by atoms with van der Waals surface area (Å²) < 4.78 is 35.2. The third kappa shape index (κ3) is 5.09. The van der Waals surface area contributed by atoms with Gasteiger partial charge in [0.15, 0.2) is 0 Å². The highest BCUT2D eigenvalue weighted by Gasteiger charge is 2.22. The molecule has 0 saturated carbocycles. The number of likely N-dealkylation sites (tertiary alicyclic amines) is 1. The molecule has 0 bridgehead atoms. The van der Waals surface area contributed by atoms with Gasteiger partial charge in [0, 0.05) is 24.8 Å². The molecule has 5 nitrogen and oxygen atoms in total. The molecule has 0 unspecified atom stereocenters. The minimum Gasteiger partial charge on any atom is -0.497 e. The number of carbonyl (C=O) groups is 1. The van der Waals surface area contributed by atoms with Crippen molar-refractivity contribution in [1.82, 2.24) is 14.8 Å². The Kier molecular flexibility index (Phi) is 7.08. The lowest BCUT2D eigenvalue weighted by Crippen LogP contribution is -2.37. The Labute approximate surface area is 193 Å². The van der Waals surface area contributed by atoms with Crippen LogP contribution < -0.4 is 10.1 Å². The van der Waals surface area contributed by atoms with Gasteiger partial charge in [0.05, 0.1) is 24.1 Å². The first-order valence-corrected chi connectivity index (χ1v) is 11.3. The molecule has 0 radical (unpaired) electrons. The van der Waals surface area contributed by atoms with Gasteiger partial charge in [0.2, 0.25) is 0 Å². The molecule has 2 heterocycles. The number of halogens is 2. The van der Waals surface area contributed by atoms with E-state index in [0.29, 0.717) is 29.2 Å². The lowest BCUT2D eigenvalue weighted by atomic mass is 10.1. The quantitative estimate of drug-likeness (QED) is 0.550. The summed E-state index contributed by atoms with van der Waals surface area (Å²) in [4.78, 5) is 15.4. The predicted molar refractivity (Wildman–Crippen MR) is 125 cm³/mol. The van der Waals surface area contributed by atoms with Gasteiger partial charge in [0.1, 0.15) is 17.4 Å². The predicted octanol–water partition coefficient (Wildman–Crippen LogP) is 4.96. The minimum atomic E-state index is -0.694. The molecule has 0 aliphatic carbocycles. The van der Waals surface area contributed by atoms with E-state index in [4.69, 9.17) is 4.74 Å². The second-order valence-corrected chi connectivity index (χ2v) is 8.35. The summed E-state index contributed by atoms with van der Waals surface area (Å²) in [5.41, 5.74) is 2.66. The summed E-state index contributed by atoms with van der Waals surface area (Å²) >= 11 is 0. The van der Waals surface area contributed by atoms with E-state index in [1.165, 1.54) is 31.4 Å². The van der Waals surface area contributed by atoms with Crippen LogP contribution in [0.2, 0.25) is 0 Å². The van der Waals surface area contributed by atoms with Crippen LogP contribution in [-0.2, 0) is 0 Å². The fourth-order valence-electron chi connectivity index (χ4n) is 4.39. The maximum Gasteiger partial charge on any atom is 0.253 e. The minimum absolute atomic E-state index is 0.187. The number of ether oxygens (including phenoxy) is 1. The number of rotatable bonds is 7. The zero-order valence-electron chi connectivity index (χ0n) is 19.0. The van der Waals surface area contributed by atoms with Gasteiger partial charge >= 0.3 is 0 Å². The van der Waals surface area contributed by atoms with E-state index in [9.17, 15) is 13.6 Å². The third-order valence-electron chi connectivity index (χ3n) is 6.19. The summed E-state index contributed by atoms with van der Waals surface area (Å²) in [5, 5.41) is 3.00. The van der Waals surface area contributed by atoms with Gasteiger partial charge in [-0.15, -0.1) is 0 Å². The lowest BCUT2D eigenvalue weighted by molar-refractivity contribution is 0.0946. The van der Waals surface area contributed by atoms with Crippen molar-refractivity contribution in [2.45, 2.75) is 26.2 Å². The summed E-state index contributed by atoms with van der Waals surface area (Å²) in [7, 11) is 1.59. The average molecular weight is 454 g/mol. The Hall–Kier alpha value is -3.19. The van der Waals surface area contributed by atoms with Crippen molar-refractivity contribution in [3.8, 4) is 22.7 Å². The summed E-state index contributed by atoms with van der Waals surface area (Å²) in [6.45, 7) is 5.26. The van der Waals surface area contributed by atoms with Crippen molar-refractivity contribution >= 4 is 5.91 Å². The number of amides is 1. The molecule has 1 amide bonds. The van der Waals surface area contributed by atoms with E-state index in [2.05, 4.69) is 10.2 Å². The van der Waals surface area contributed by atoms with Crippen LogP contribution in [0.15, 0.2) is 48.5 Å². The van der Waals surface area contributed by atoms with Crippen LogP contribution >= 0.6 is 0 Å². The molecule has 33 heavy (non-hydrogen) atoms. The fourth-order valence-corrected chi connectivity index (χ4v) is 4.39. The Bertz CT molecular complexity index is 1120. The number of nitrogens with one attached hydrogen (secondary N) is 1. The molecule has 0 atom stereocenters. The van der Waals surface area contributed by atoms with E-state index in [1.807, 2.05) is 12.1 Å². The first-order valence-electron chi connectivity index (χ1n) is 11.3. The van der Waals surface area contributed by atoms with Crippen LogP contribution in [-0.4, -0.2) is 48.7 Å². The van der Waals surface area contributed by atoms with Gasteiger partial charge in [-0.1, -0.05) is 6.42 Å². The molecule has 1 aliphatic heterocycles. The molecular formula is C26H29F2N3O2. The first-order chi connectivity index (χ1) is 16.0. The highest BCUT2D eigenvalue weighted by molar-refractivity contribution is 5.97. The molecule has 3 aromatic rings. The molecule has 7 heteroatoms. The van der Waals surface area contributed by atoms with Gasteiger partial charge in [0.25, 0.3) is 5.91 Å². The molecule has 1 saturated heterocycles. The standard InChI is InChI=1S/C26H29F2N3O2/c1-18-22(26(32)29-12-15-30-13-4-3-5-14-30)17-25(19-6-9-21(33-2)10-7-19)31(18)24-11-8-20(27)16-23(24)28/h6-11,16-17H,3-5,12-15H2,1-2H3,(H,29,32). The maximum absolute atomic E-state index is 14.8. The van der Waals surface area contributed by atoms with E-state index in [-0.39, 0.29) is 11.6 Å². The second kappa shape index (κ2) is 10.2. The van der Waals surface area contributed by atoms with Crippen LogP contribution in [0.3, 0.4) is 0 Å². The number of nitrogens with zero attached hydrogens (tertiary/aromatic N) is 2. The highest BCUT2D eigenvalue weighted by atomic mass is 19.1. The SMILES string of the molecule is COc1ccc(-c2cc(C(=O)NCCN3CCCCC3)c(C)n2-c2ccc(F)cc2F)cc1. The van der Waals surface area contributed by atoms with Crippen LogP contribution in [0.4, 0.5) is 8.78 Å². The van der Waals surface area contributed by atoms with Gasteiger partial charge in [-0.05, 0) is 80.9 Å². The zero-order valence-corrected chi connectivity index (χ0v) is 19.0. The molecule has 1 fully saturated rings. The smallest absolute Gasteiger partial charge is 0.253 e. The van der Waals surface area contributed by atoms with Gasteiger partial charge in [-0.3, -0.25) is 4.79 Å². The van der Waals surface area contributed by atoms with Crippen LogP contribution in [0.25, 0.3) is 16.9 Å². The van der Waals surface area contributed by atoms with Gasteiger partial charge in [-0.25, -0.2) is 8.78 Å². The number of methoxy groups -OCH3 is 1. The van der Waals surface area contributed by atoms with Crippen LogP contribution in [0.1, 0.15) is 35.3 Å². The molecule has 1 N–H and O–H groups in total. The number of hydrogen-bond donors (Lipinski definition) is 1. The topological polar surface area (TPSA) is 46.5 Å². The Morgan fingerprint density at radius 2 is 1.76 bits per heavy atom.